The largest absolute Gasteiger partial charge is 0.379 e. The third-order valence-electron chi connectivity index (χ3n) is 3.73. The van der Waals surface area contributed by atoms with Crippen molar-refractivity contribution in [1.82, 2.24) is 15.5 Å². The first-order valence-electron chi connectivity index (χ1n) is 8.14. The molecule has 6 heteroatoms. The zero-order valence-electron chi connectivity index (χ0n) is 14.2. The maximum atomic E-state index is 5.40. The molecule has 0 saturated carbocycles. The van der Waals surface area contributed by atoms with Crippen LogP contribution in [0.5, 0.6) is 0 Å². The molecule has 0 spiro atoms. The highest BCUT2D eigenvalue weighted by Crippen LogP contribution is 2.10. The first kappa shape index (κ1) is 20.2. The van der Waals surface area contributed by atoms with Gasteiger partial charge in [-0.2, -0.15) is 0 Å². The maximum Gasteiger partial charge on any atom is 0.191 e. The zero-order valence-corrected chi connectivity index (χ0v) is 16.5. The number of rotatable bonds is 6. The lowest BCUT2D eigenvalue weighted by atomic mass is 10.1. The summed E-state index contributed by atoms with van der Waals surface area (Å²) in [7, 11) is 1.81. The maximum absolute atomic E-state index is 5.40. The van der Waals surface area contributed by atoms with Gasteiger partial charge in [-0.25, -0.2) is 0 Å². The summed E-state index contributed by atoms with van der Waals surface area (Å²) < 4.78 is 5.40. The molecule has 5 nitrogen and oxygen atoms in total. The van der Waals surface area contributed by atoms with Gasteiger partial charge in [0.15, 0.2) is 5.96 Å². The second-order valence-electron chi connectivity index (χ2n) is 5.56. The van der Waals surface area contributed by atoms with Crippen LogP contribution in [0.15, 0.2) is 29.3 Å². The molecule has 1 aliphatic heterocycles. The van der Waals surface area contributed by atoms with Gasteiger partial charge < -0.3 is 15.4 Å². The van der Waals surface area contributed by atoms with Gasteiger partial charge in [0.1, 0.15) is 0 Å². The van der Waals surface area contributed by atoms with Gasteiger partial charge in [0.05, 0.1) is 13.2 Å². The SMILES string of the molecule is CCCNC(=NC)NCc1cccc(CN2CCOCC2)c1.I. The van der Waals surface area contributed by atoms with Gasteiger partial charge in [-0.1, -0.05) is 31.2 Å². The van der Waals surface area contributed by atoms with Crippen molar-refractivity contribution in [3.8, 4) is 0 Å². The van der Waals surface area contributed by atoms with Crippen LogP contribution >= 0.6 is 24.0 Å². The average molecular weight is 432 g/mol. The minimum atomic E-state index is 0. The molecule has 1 aliphatic rings. The lowest BCUT2D eigenvalue weighted by Gasteiger charge is -2.26. The molecule has 0 amide bonds. The average Bonchev–Trinajstić information content (AvgIpc) is 2.56. The van der Waals surface area contributed by atoms with E-state index in [0.29, 0.717) is 0 Å². The number of halogens is 1. The molecule has 0 bridgehead atoms. The van der Waals surface area contributed by atoms with E-state index in [1.54, 1.807) is 7.05 Å². The minimum Gasteiger partial charge on any atom is -0.379 e. The van der Waals surface area contributed by atoms with Crippen LogP contribution in [0.2, 0.25) is 0 Å². The highest BCUT2D eigenvalue weighted by Gasteiger charge is 2.10. The van der Waals surface area contributed by atoms with Crippen molar-refractivity contribution in [2.45, 2.75) is 26.4 Å². The minimum absolute atomic E-state index is 0. The van der Waals surface area contributed by atoms with Crippen molar-refractivity contribution in [3.05, 3.63) is 35.4 Å². The molecule has 0 radical (unpaired) electrons. The molecular formula is C17H29IN4O. The van der Waals surface area contributed by atoms with Crippen molar-refractivity contribution >= 4 is 29.9 Å². The molecule has 1 fully saturated rings. The van der Waals surface area contributed by atoms with Crippen LogP contribution in [0.3, 0.4) is 0 Å². The molecule has 0 atom stereocenters. The smallest absolute Gasteiger partial charge is 0.191 e. The number of aliphatic imine (C=N–C) groups is 1. The summed E-state index contributed by atoms with van der Waals surface area (Å²) in [6, 6.07) is 8.76. The molecular weight excluding hydrogens is 403 g/mol. The third kappa shape index (κ3) is 7.50. The fourth-order valence-corrected chi connectivity index (χ4v) is 2.51. The van der Waals surface area contributed by atoms with Gasteiger partial charge in [0.25, 0.3) is 0 Å². The first-order chi connectivity index (χ1) is 10.8. The van der Waals surface area contributed by atoms with E-state index in [9.17, 15) is 0 Å². The molecule has 1 aromatic rings. The molecule has 130 valence electrons. The van der Waals surface area contributed by atoms with E-state index >= 15 is 0 Å². The van der Waals surface area contributed by atoms with E-state index in [1.807, 2.05) is 0 Å². The molecule has 2 rings (SSSR count). The van der Waals surface area contributed by atoms with Crippen LogP contribution in [0.1, 0.15) is 24.5 Å². The number of nitrogens with zero attached hydrogens (tertiary/aromatic N) is 2. The Morgan fingerprint density at radius 3 is 2.65 bits per heavy atom. The van der Waals surface area contributed by atoms with Gasteiger partial charge in [-0.3, -0.25) is 9.89 Å². The topological polar surface area (TPSA) is 48.9 Å². The lowest BCUT2D eigenvalue weighted by molar-refractivity contribution is 0.0342. The Morgan fingerprint density at radius 1 is 1.22 bits per heavy atom. The van der Waals surface area contributed by atoms with E-state index in [2.05, 4.69) is 51.7 Å². The molecule has 23 heavy (non-hydrogen) atoms. The van der Waals surface area contributed by atoms with E-state index in [1.165, 1.54) is 11.1 Å². The quantitative estimate of drug-likeness (QED) is 0.411. The Morgan fingerprint density at radius 2 is 1.96 bits per heavy atom. The van der Waals surface area contributed by atoms with Crippen molar-refractivity contribution in [2.75, 3.05) is 39.9 Å². The number of hydrogen-bond acceptors (Lipinski definition) is 3. The normalized spacial score (nSPS) is 15.8. The summed E-state index contributed by atoms with van der Waals surface area (Å²) >= 11 is 0. The van der Waals surface area contributed by atoms with Gasteiger partial charge in [0, 0.05) is 39.8 Å². The summed E-state index contributed by atoms with van der Waals surface area (Å²) in [5, 5.41) is 6.64. The van der Waals surface area contributed by atoms with E-state index in [4.69, 9.17) is 4.74 Å². The Bertz CT molecular complexity index is 475. The number of guanidine groups is 1. The summed E-state index contributed by atoms with van der Waals surface area (Å²) in [6.07, 6.45) is 1.09. The van der Waals surface area contributed by atoms with Crippen molar-refractivity contribution in [1.29, 1.82) is 0 Å². The Kier molecular flexibility index (Phi) is 10.2. The Labute approximate surface area is 156 Å². The number of benzene rings is 1. The standard InChI is InChI=1S/C17H28N4O.HI/c1-3-7-19-17(18-2)20-13-15-5-4-6-16(12-15)14-21-8-10-22-11-9-21;/h4-6,12H,3,7-11,13-14H2,1-2H3,(H2,18,19,20);1H. The van der Waals surface area contributed by atoms with E-state index in [0.717, 1.165) is 58.3 Å². The molecule has 1 aromatic carbocycles. The van der Waals surface area contributed by atoms with Crippen molar-refractivity contribution in [2.24, 2.45) is 4.99 Å². The van der Waals surface area contributed by atoms with Gasteiger partial charge in [0.2, 0.25) is 0 Å². The summed E-state index contributed by atoms with van der Waals surface area (Å²) in [5.41, 5.74) is 2.64. The van der Waals surface area contributed by atoms with E-state index < -0.39 is 0 Å². The van der Waals surface area contributed by atoms with Gasteiger partial charge in [-0.15, -0.1) is 24.0 Å². The molecule has 1 saturated heterocycles. The predicted octanol–water partition coefficient (Wildman–Crippen LogP) is 2.21. The van der Waals surface area contributed by atoms with Crippen LogP contribution in [0.25, 0.3) is 0 Å². The van der Waals surface area contributed by atoms with Gasteiger partial charge >= 0.3 is 0 Å². The van der Waals surface area contributed by atoms with Crippen LogP contribution in [0, 0.1) is 0 Å². The molecule has 1 heterocycles. The predicted molar refractivity (Wildman–Crippen MR) is 106 cm³/mol. The monoisotopic (exact) mass is 432 g/mol. The summed E-state index contributed by atoms with van der Waals surface area (Å²) in [4.78, 5) is 6.67. The summed E-state index contributed by atoms with van der Waals surface area (Å²) in [6.45, 7) is 8.62. The Balaban J connectivity index is 0.00000264. The van der Waals surface area contributed by atoms with Crippen LogP contribution in [0.4, 0.5) is 0 Å². The van der Waals surface area contributed by atoms with Crippen molar-refractivity contribution in [3.63, 3.8) is 0 Å². The fourth-order valence-electron chi connectivity index (χ4n) is 2.51. The second kappa shape index (κ2) is 11.6. The third-order valence-corrected chi connectivity index (χ3v) is 3.73. The fraction of sp³-hybridized carbons (Fsp3) is 0.588. The Hall–Kier alpha value is -0.860. The first-order valence-corrected chi connectivity index (χ1v) is 8.14. The number of hydrogen-bond donors (Lipinski definition) is 2. The molecule has 0 aliphatic carbocycles. The number of nitrogens with one attached hydrogen (secondary N) is 2. The van der Waals surface area contributed by atoms with E-state index in [-0.39, 0.29) is 24.0 Å². The van der Waals surface area contributed by atoms with Crippen molar-refractivity contribution < 1.29 is 4.74 Å². The molecule has 0 unspecified atom stereocenters. The number of morpholine rings is 1. The zero-order chi connectivity index (χ0) is 15.6. The van der Waals surface area contributed by atoms with Gasteiger partial charge in [-0.05, 0) is 17.5 Å². The van der Waals surface area contributed by atoms with Crippen LogP contribution in [-0.4, -0.2) is 50.8 Å². The lowest BCUT2D eigenvalue weighted by Crippen LogP contribution is -2.37. The number of ether oxygens (including phenoxy) is 1. The molecule has 2 N–H and O–H groups in total. The highest BCUT2D eigenvalue weighted by atomic mass is 127. The summed E-state index contributed by atoms with van der Waals surface area (Å²) in [5.74, 6) is 0.862. The molecule has 0 aromatic heterocycles. The van der Waals surface area contributed by atoms with Crippen LogP contribution < -0.4 is 10.6 Å². The van der Waals surface area contributed by atoms with Crippen LogP contribution in [-0.2, 0) is 17.8 Å². The highest BCUT2D eigenvalue weighted by molar-refractivity contribution is 14.0. The second-order valence-corrected chi connectivity index (χ2v) is 5.56.